The van der Waals surface area contributed by atoms with Gasteiger partial charge >= 0.3 is 6.36 Å². The van der Waals surface area contributed by atoms with E-state index in [1.54, 1.807) is 12.1 Å². The maximum absolute atomic E-state index is 12.5. The van der Waals surface area contributed by atoms with Crippen LogP contribution in [0.25, 0.3) is 0 Å². The van der Waals surface area contributed by atoms with Gasteiger partial charge in [-0.15, -0.1) is 13.2 Å². The first kappa shape index (κ1) is 18.7. The first-order valence-electron chi connectivity index (χ1n) is 7.94. The van der Waals surface area contributed by atoms with Crippen LogP contribution in [0.4, 0.5) is 13.2 Å². The van der Waals surface area contributed by atoms with Gasteiger partial charge in [-0.05, 0) is 25.1 Å². The quantitative estimate of drug-likeness (QED) is 0.593. The number of nitrogens with zero attached hydrogens (tertiary/aromatic N) is 2. The molecule has 0 aliphatic heterocycles. The van der Waals surface area contributed by atoms with Gasteiger partial charge in [-0.25, -0.2) is 4.99 Å². The third kappa shape index (κ3) is 6.78. The Hall–Kier alpha value is -2.64. The Morgan fingerprint density at radius 2 is 1.84 bits per heavy atom. The second kappa shape index (κ2) is 9.00. The largest absolute Gasteiger partial charge is 0.573 e. The molecular weight excluding hydrogens is 333 g/mol. The van der Waals surface area contributed by atoms with Gasteiger partial charge in [0.15, 0.2) is 5.96 Å². The molecule has 0 bridgehead atoms. The van der Waals surface area contributed by atoms with Crippen LogP contribution in [0.2, 0.25) is 0 Å². The fourth-order valence-corrected chi connectivity index (χ4v) is 2.19. The monoisotopic (exact) mass is 354 g/mol. The number of aromatic nitrogens is 1. The smallest absolute Gasteiger partial charge is 0.405 e. The van der Waals surface area contributed by atoms with Crippen molar-refractivity contribution in [2.24, 2.45) is 4.99 Å². The molecule has 136 valence electrons. The summed E-state index contributed by atoms with van der Waals surface area (Å²) in [6, 6.07) is 9.88. The molecule has 2 N–H and O–H groups in total. The van der Waals surface area contributed by atoms with Crippen molar-refractivity contribution >= 4 is 5.96 Å². The fourth-order valence-electron chi connectivity index (χ4n) is 2.19. The summed E-state index contributed by atoms with van der Waals surface area (Å²) in [5.41, 5.74) is 0.363. The van der Waals surface area contributed by atoms with Crippen LogP contribution < -0.4 is 15.4 Å². The molecule has 1 aromatic heterocycles. The number of benzene rings is 1. The lowest BCUT2D eigenvalue weighted by Crippen LogP contribution is -2.38. The molecule has 0 unspecified atom stereocenters. The van der Waals surface area contributed by atoms with Crippen LogP contribution in [-0.4, -0.2) is 30.0 Å². The molecular formula is C17H21F3N4O. The van der Waals surface area contributed by atoms with Gasteiger partial charge in [0.25, 0.3) is 0 Å². The predicted octanol–water partition coefficient (Wildman–Crippen LogP) is 3.14. The highest BCUT2D eigenvalue weighted by molar-refractivity contribution is 5.79. The van der Waals surface area contributed by atoms with Gasteiger partial charge in [0, 0.05) is 37.6 Å². The number of hydrogen-bond acceptors (Lipinski definition) is 2. The molecule has 0 radical (unpaired) electrons. The highest BCUT2D eigenvalue weighted by atomic mass is 19.4. The Morgan fingerprint density at radius 3 is 2.52 bits per heavy atom. The molecule has 1 heterocycles. The predicted molar refractivity (Wildman–Crippen MR) is 90.4 cm³/mol. The maximum Gasteiger partial charge on any atom is 0.573 e. The zero-order valence-corrected chi connectivity index (χ0v) is 13.9. The Balaban J connectivity index is 1.98. The zero-order chi connectivity index (χ0) is 18.1. The number of guanidine groups is 1. The van der Waals surface area contributed by atoms with Crippen molar-refractivity contribution in [3.63, 3.8) is 0 Å². The summed E-state index contributed by atoms with van der Waals surface area (Å²) in [5, 5.41) is 6.22. The number of nitrogens with one attached hydrogen (secondary N) is 2. The van der Waals surface area contributed by atoms with Crippen LogP contribution in [0.5, 0.6) is 5.75 Å². The van der Waals surface area contributed by atoms with Gasteiger partial charge < -0.3 is 19.9 Å². The molecule has 0 saturated carbocycles. The van der Waals surface area contributed by atoms with Gasteiger partial charge in [-0.2, -0.15) is 0 Å². The highest BCUT2D eigenvalue weighted by Crippen LogP contribution is 2.26. The molecule has 0 atom stereocenters. The summed E-state index contributed by atoms with van der Waals surface area (Å²) >= 11 is 0. The van der Waals surface area contributed by atoms with E-state index in [9.17, 15) is 13.2 Å². The average molecular weight is 354 g/mol. The summed E-state index contributed by atoms with van der Waals surface area (Å²) in [7, 11) is 0. The molecule has 2 rings (SSSR count). The van der Waals surface area contributed by atoms with Crippen molar-refractivity contribution in [1.82, 2.24) is 15.2 Å². The number of rotatable bonds is 7. The lowest BCUT2D eigenvalue weighted by atomic mass is 10.2. The topological polar surface area (TPSA) is 50.6 Å². The lowest BCUT2D eigenvalue weighted by molar-refractivity contribution is -0.274. The number of hydrogen-bond donors (Lipinski definition) is 2. The van der Waals surface area contributed by atoms with Crippen molar-refractivity contribution in [2.75, 3.05) is 13.1 Å². The van der Waals surface area contributed by atoms with Crippen LogP contribution >= 0.6 is 0 Å². The molecule has 5 nitrogen and oxygen atoms in total. The van der Waals surface area contributed by atoms with E-state index in [4.69, 9.17) is 0 Å². The van der Waals surface area contributed by atoms with Gasteiger partial charge in [-0.1, -0.05) is 18.2 Å². The fraction of sp³-hybridized carbons (Fsp3) is 0.353. The third-order valence-electron chi connectivity index (χ3n) is 3.28. The Kier molecular flexibility index (Phi) is 6.73. The van der Waals surface area contributed by atoms with E-state index >= 15 is 0 Å². The summed E-state index contributed by atoms with van der Waals surface area (Å²) in [5.74, 6) is 0.304. The van der Waals surface area contributed by atoms with Crippen LogP contribution in [0.15, 0.2) is 53.8 Å². The molecule has 1 aromatic carbocycles. The van der Waals surface area contributed by atoms with E-state index < -0.39 is 6.36 Å². The number of ether oxygens (including phenoxy) is 1. The molecule has 2 aromatic rings. The normalized spacial score (nSPS) is 12.1. The first-order valence-corrected chi connectivity index (χ1v) is 7.94. The van der Waals surface area contributed by atoms with Crippen LogP contribution in [-0.2, 0) is 13.1 Å². The number of halogens is 3. The summed E-state index contributed by atoms with van der Waals surface area (Å²) < 4.78 is 43.4. The summed E-state index contributed by atoms with van der Waals surface area (Å²) in [6.45, 7) is 4.04. The minimum atomic E-state index is -4.72. The Morgan fingerprint density at radius 1 is 1.12 bits per heavy atom. The standard InChI is InChI=1S/C17H21F3N4O/c1-2-21-16(22-9-12-24-10-5-6-11-24)23-13-14-7-3-4-8-15(14)25-17(18,19)20/h3-8,10-11H,2,9,12-13H2,1H3,(H2,21,22,23). The summed E-state index contributed by atoms with van der Waals surface area (Å²) in [6.07, 6.45) is -0.813. The van der Waals surface area contributed by atoms with E-state index in [1.165, 1.54) is 12.1 Å². The van der Waals surface area contributed by atoms with Crippen molar-refractivity contribution in [2.45, 2.75) is 26.4 Å². The molecule has 0 aliphatic carbocycles. The van der Waals surface area contributed by atoms with Crippen LogP contribution in [0.3, 0.4) is 0 Å². The van der Waals surface area contributed by atoms with Gasteiger partial charge in [-0.3, -0.25) is 0 Å². The third-order valence-corrected chi connectivity index (χ3v) is 3.28. The van der Waals surface area contributed by atoms with Crippen molar-refractivity contribution in [1.29, 1.82) is 0 Å². The van der Waals surface area contributed by atoms with Gasteiger partial charge in [0.2, 0.25) is 0 Å². The highest BCUT2D eigenvalue weighted by Gasteiger charge is 2.31. The van der Waals surface area contributed by atoms with Crippen molar-refractivity contribution < 1.29 is 17.9 Å². The average Bonchev–Trinajstić information content (AvgIpc) is 3.06. The molecule has 25 heavy (non-hydrogen) atoms. The van der Waals surface area contributed by atoms with Crippen molar-refractivity contribution in [3.05, 3.63) is 54.4 Å². The molecule has 0 fully saturated rings. The van der Waals surface area contributed by atoms with Crippen LogP contribution in [0.1, 0.15) is 12.5 Å². The minimum absolute atomic E-state index is 0.0745. The van der Waals surface area contributed by atoms with Crippen LogP contribution in [0, 0.1) is 0 Å². The maximum atomic E-state index is 12.5. The molecule has 0 aliphatic rings. The van der Waals surface area contributed by atoms with Gasteiger partial charge in [0.1, 0.15) is 5.75 Å². The van der Waals surface area contributed by atoms with E-state index in [-0.39, 0.29) is 12.3 Å². The second-order valence-corrected chi connectivity index (χ2v) is 5.20. The lowest BCUT2D eigenvalue weighted by Gasteiger charge is -2.14. The molecule has 0 saturated heterocycles. The van der Waals surface area contributed by atoms with E-state index in [0.29, 0.717) is 24.6 Å². The second-order valence-electron chi connectivity index (χ2n) is 5.20. The Labute approximate surface area is 144 Å². The molecule has 8 heteroatoms. The zero-order valence-electron chi connectivity index (χ0n) is 13.9. The van der Waals surface area contributed by atoms with Crippen molar-refractivity contribution in [3.8, 4) is 5.75 Å². The molecule has 0 spiro atoms. The van der Waals surface area contributed by atoms with E-state index in [0.717, 1.165) is 6.54 Å². The van der Waals surface area contributed by atoms with E-state index in [2.05, 4.69) is 20.4 Å². The number of alkyl halides is 3. The summed E-state index contributed by atoms with van der Waals surface area (Å²) in [4.78, 5) is 4.33. The minimum Gasteiger partial charge on any atom is -0.405 e. The molecule has 0 amide bonds. The number of aliphatic imine (C=N–C) groups is 1. The van der Waals surface area contributed by atoms with E-state index in [1.807, 2.05) is 36.0 Å². The first-order chi connectivity index (χ1) is 12.0. The van der Waals surface area contributed by atoms with Gasteiger partial charge in [0.05, 0.1) is 6.54 Å². The Bertz CT molecular complexity index is 669. The number of para-hydroxylation sites is 1. The SMILES string of the molecule is CCNC(=NCc1ccccc1OC(F)(F)F)NCCn1cccc1.